The Morgan fingerprint density at radius 1 is 0.952 bits per heavy atom. The van der Waals surface area contributed by atoms with Gasteiger partial charge in [-0.05, 0) is 33.5 Å². The minimum atomic E-state index is -0.239. The van der Waals surface area contributed by atoms with Gasteiger partial charge in [0.05, 0.1) is 12.2 Å². The Hall–Kier alpha value is -2.35. The molecule has 0 bridgehead atoms. The maximum absolute atomic E-state index is 12.6. The standard InChI is InChI=1S/C19H18O2/c1-13(2)12-21-19(20)18-16-9-5-3-7-14(16)11-15-8-4-6-10-17(15)18/h3-11,13H,12H2,1-2H3. The third-order valence-electron chi connectivity index (χ3n) is 3.52. The zero-order chi connectivity index (χ0) is 14.8. The molecule has 0 amide bonds. The van der Waals surface area contributed by atoms with Crippen molar-refractivity contribution >= 4 is 27.5 Å². The van der Waals surface area contributed by atoms with E-state index in [9.17, 15) is 4.79 Å². The molecular formula is C19H18O2. The highest BCUT2D eigenvalue weighted by molar-refractivity contribution is 6.16. The lowest BCUT2D eigenvalue weighted by molar-refractivity contribution is 0.0463. The van der Waals surface area contributed by atoms with Crippen molar-refractivity contribution in [3.05, 3.63) is 60.2 Å². The van der Waals surface area contributed by atoms with Crippen molar-refractivity contribution in [2.45, 2.75) is 13.8 Å². The second-order valence-electron chi connectivity index (χ2n) is 5.69. The highest BCUT2D eigenvalue weighted by Gasteiger charge is 2.16. The zero-order valence-corrected chi connectivity index (χ0v) is 12.3. The molecule has 2 heteroatoms. The van der Waals surface area contributed by atoms with Gasteiger partial charge < -0.3 is 4.74 Å². The highest BCUT2D eigenvalue weighted by Crippen LogP contribution is 2.29. The fourth-order valence-corrected chi connectivity index (χ4v) is 2.55. The first kappa shape index (κ1) is 13.6. The van der Waals surface area contributed by atoms with Gasteiger partial charge >= 0.3 is 5.97 Å². The van der Waals surface area contributed by atoms with Crippen molar-refractivity contribution in [1.29, 1.82) is 0 Å². The van der Waals surface area contributed by atoms with E-state index >= 15 is 0 Å². The maximum atomic E-state index is 12.6. The lowest BCUT2D eigenvalue weighted by Crippen LogP contribution is -2.11. The summed E-state index contributed by atoms with van der Waals surface area (Å²) in [5, 5.41) is 4.02. The minimum absolute atomic E-state index is 0.239. The molecule has 2 nitrogen and oxygen atoms in total. The monoisotopic (exact) mass is 278 g/mol. The summed E-state index contributed by atoms with van der Waals surface area (Å²) >= 11 is 0. The lowest BCUT2D eigenvalue weighted by atomic mass is 9.97. The van der Waals surface area contributed by atoms with Crippen molar-refractivity contribution in [1.82, 2.24) is 0 Å². The van der Waals surface area contributed by atoms with Gasteiger partial charge in [0, 0.05) is 0 Å². The molecule has 3 aromatic carbocycles. The Morgan fingerprint density at radius 3 is 2.00 bits per heavy atom. The van der Waals surface area contributed by atoms with Crippen LogP contribution in [0.1, 0.15) is 24.2 Å². The first-order valence-corrected chi connectivity index (χ1v) is 7.24. The van der Waals surface area contributed by atoms with Gasteiger partial charge in [-0.15, -0.1) is 0 Å². The quantitative estimate of drug-likeness (QED) is 0.508. The van der Waals surface area contributed by atoms with Crippen LogP contribution in [0.15, 0.2) is 54.6 Å². The number of fused-ring (bicyclic) bond motifs is 2. The van der Waals surface area contributed by atoms with Gasteiger partial charge in [-0.25, -0.2) is 4.79 Å². The second-order valence-corrected chi connectivity index (χ2v) is 5.69. The molecule has 0 aliphatic carbocycles. The summed E-state index contributed by atoms with van der Waals surface area (Å²) in [5.74, 6) is 0.0897. The van der Waals surface area contributed by atoms with E-state index in [-0.39, 0.29) is 5.97 Å². The Labute approximate surface area is 124 Å². The molecule has 0 aromatic heterocycles. The maximum Gasteiger partial charge on any atom is 0.339 e. The van der Waals surface area contributed by atoms with E-state index in [2.05, 4.69) is 6.07 Å². The zero-order valence-electron chi connectivity index (χ0n) is 12.3. The molecule has 0 heterocycles. The van der Waals surface area contributed by atoms with Crippen molar-refractivity contribution in [2.24, 2.45) is 5.92 Å². The molecule has 0 atom stereocenters. The summed E-state index contributed by atoms with van der Waals surface area (Å²) in [5.41, 5.74) is 0.671. The van der Waals surface area contributed by atoms with E-state index in [1.807, 2.05) is 62.4 Å². The number of benzene rings is 3. The lowest BCUT2D eigenvalue weighted by Gasteiger charge is -2.12. The molecule has 0 saturated heterocycles. The van der Waals surface area contributed by atoms with E-state index in [0.717, 1.165) is 21.5 Å². The Kier molecular flexibility index (Phi) is 3.61. The normalized spacial score (nSPS) is 11.2. The Morgan fingerprint density at radius 2 is 1.48 bits per heavy atom. The van der Waals surface area contributed by atoms with Crippen LogP contribution in [0.2, 0.25) is 0 Å². The van der Waals surface area contributed by atoms with Crippen molar-refractivity contribution in [2.75, 3.05) is 6.61 Å². The van der Waals surface area contributed by atoms with Gasteiger partial charge in [0.2, 0.25) is 0 Å². The first-order chi connectivity index (χ1) is 10.2. The van der Waals surface area contributed by atoms with E-state index in [4.69, 9.17) is 4.74 Å². The average molecular weight is 278 g/mol. The molecule has 0 spiro atoms. The fraction of sp³-hybridized carbons (Fsp3) is 0.211. The molecule has 3 rings (SSSR count). The molecule has 0 saturated carbocycles. The second kappa shape index (κ2) is 5.57. The minimum Gasteiger partial charge on any atom is -0.462 e. The Balaban J connectivity index is 2.22. The van der Waals surface area contributed by atoms with E-state index in [1.54, 1.807) is 0 Å². The summed E-state index contributed by atoms with van der Waals surface area (Å²) in [6.45, 7) is 4.51. The first-order valence-electron chi connectivity index (χ1n) is 7.24. The molecule has 0 N–H and O–H groups in total. The molecule has 21 heavy (non-hydrogen) atoms. The van der Waals surface area contributed by atoms with Crippen LogP contribution in [0.5, 0.6) is 0 Å². The van der Waals surface area contributed by atoms with Gasteiger partial charge in [-0.2, -0.15) is 0 Å². The summed E-state index contributed by atoms with van der Waals surface area (Å²) in [6, 6.07) is 18.0. The molecule has 0 aliphatic rings. The summed E-state index contributed by atoms with van der Waals surface area (Å²) < 4.78 is 5.47. The third-order valence-corrected chi connectivity index (χ3v) is 3.52. The van der Waals surface area contributed by atoms with Crippen LogP contribution < -0.4 is 0 Å². The molecule has 3 aromatic rings. The molecule has 106 valence electrons. The number of hydrogen-bond donors (Lipinski definition) is 0. The smallest absolute Gasteiger partial charge is 0.339 e. The number of rotatable bonds is 3. The number of carbonyl (C=O) groups excluding carboxylic acids is 1. The SMILES string of the molecule is CC(C)COC(=O)c1c2ccccc2cc2ccccc12. The Bertz CT molecular complexity index is 749. The van der Waals surface area contributed by atoms with Crippen LogP contribution in [-0.4, -0.2) is 12.6 Å². The van der Waals surface area contributed by atoms with Gasteiger partial charge in [0.1, 0.15) is 0 Å². The predicted molar refractivity (Wildman–Crippen MR) is 86.6 cm³/mol. The van der Waals surface area contributed by atoms with Gasteiger partial charge in [-0.1, -0.05) is 62.4 Å². The summed E-state index contributed by atoms with van der Waals surface area (Å²) in [4.78, 5) is 12.6. The summed E-state index contributed by atoms with van der Waals surface area (Å²) in [6.07, 6.45) is 0. The molecule has 0 aliphatic heterocycles. The topological polar surface area (TPSA) is 26.3 Å². The van der Waals surface area contributed by atoms with Crippen LogP contribution in [0.4, 0.5) is 0 Å². The van der Waals surface area contributed by atoms with Crippen LogP contribution >= 0.6 is 0 Å². The number of ether oxygens (including phenoxy) is 1. The van der Waals surface area contributed by atoms with Crippen molar-refractivity contribution < 1.29 is 9.53 Å². The average Bonchev–Trinajstić information content (AvgIpc) is 2.50. The van der Waals surface area contributed by atoms with Crippen LogP contribution in [0.3, 0.4) is 0 Å². The molecular weight excluding hydrogens is 260 g/mol. The third kappa shape index (κ3) is 2.62. The van der Waals surface area contributed by atoms with E-state index < -0.39 is 0 Å². The van der Waals surface area contributed by atoms with Crippen molar-refractivity contribution in [3.63, 3.8) is 0 Å². The molecule has 0 fully saturated rings. The van der Waals surface area contributed by atoms with Gasteiger partial charge in [-0.3, -0.25) is 0 Å². The van der Waals surface area contributed by atoms with E-state index in [0.29, 0.717) is 18.1 Å². The predicted octanol–water partition coefficient (Wildman–Crippen LogP) is 4.81. The van der Waals surface area contributed by atoms with Crippen molar-refractivity contribution in [3.8, 4) is 0 Å². The van der Waals surface area contributed by atoms with E-state index in [1.165, 1.54) is 0 Å². The highest BCUT2D eigenvalue weighted by atomic mass is 16.5. The largest absolute Gasteiger partial charge is 0.462 e. The van der Waals surface area contributed by atoms with Gasteiger partial charge in [0.15, 0.2) is 0 Å². The van der Waals surface area contributed by atoms with Crippen LogP contribution in [0, 0.1) is 5.92 Å². The number of hydrogen-bond acceptors (Lipinski definition) is 2. The van der Waals surface area contributed by atoms with Gasteiger partial charge in [0.25, 0.3) is 0 Å². The number of carbonyl (C=O) groups is 1. The van der Waals surface area contributed by atoms with Crippen LogP contribution in [-0.2, 0) is 4.74 Å². The number of esters is 1. The molecule has 0 radical (unpaired) electrons. The van der Waals surface area contributed by atoms with Crippen LogP contribution in [0.25, 0.3) is 21.5 Å². The fourth-order valence-electron chi connectivity index (χ4n) is 2.55. The molecule has 0 unspecified atom stereocenters. The summed E-state index contributed by atoms with van der Waals surface area (Å²) in [7, 11) is 0.